The second-order valence-electron chi connectivity index (χ2n) is 7.66. The number of methoxy groups -OCH3 is 2. The summed E-state index contributed by atoms with van der Waals surface area (Å²) in [5.74, 6) is 1.29. The van der Waals surface area contributed by atoms with Gasteiger partial charge >= 0.3 is 0 Å². The molecular formula is C23H26N2O4. The third-order valence-corrected chi connectivity index (χ3v) is 6.10. The van der Waals surface area contributed by atoms with Crippen molar-refractivity contribution in [2.24, 2.45) is 11.1 Å². The van der Waals surface area contributed by atoms with Crippen molar-refractivity contribution in [3.05, 3.63) is 65.7 Å². The molecule has 2 aromatic carbocycles. The van der Waals surface area contributed by atoms with E-state index in [4.69, 9.17) is 14.3 Å². The number of hydrogen-bond donors (Lipinski definition) is 1. The summed E-state index contributed by atoms with van der Waals surface area (Å²) in [7, 11) is 3.21. The van der Waals surface area contributed by atoms with E-state index in [0.717, 1.165) is 19.3 Å². The van der Waals surface area contributed by atoms with Crippen LogP contribution in [-0.2, 0) is 15.0 Å². The number of nitrogens with one attached hydrogen (secondary N) is 1. The summed E-state index contributed by atoms with van der Waals surface area (Å²) in [6.07, 6.45) is 2.54. The first kappa shape index (κ1) is 19.3. The number of amides is 1. The molecule has 0 radical (unpaired) electrons. The molecule has 29 heavy (non-hydrogen) atoms. The van der Waals surface area contributed by atoms with Crippen molar-refractivity contribution in [3.63, 3.8) is 0 Å². The Balaban J connectivity index is 1.56. The fourth-order valence-electron chi connectivity index (χ4n) is 4.51. The molecule has 6 nitrogen and oxygen atoms in total. The number of rotatable bonds is 5. The Morgan fingerprint density at radius 2 is 1.90 bits per heavy atom. The number of benzene rings is 2. The normalized spacial score (nSPS) is 25.4. The van der Waals surface area contributed by atoms with Gasteiger partial charge in [0.15, 0.2) is 0 Å². The number of para-hydroxylation sites is 1. The fraction of sp³-hybridized carbons (Fsp3) is 0.391. The maximum atomic E-state index is 12.9. The van der Waals surface area contributed by atoms with Crippen molar-refractivity contribution >= 4 is 11.8 Å². The van der Waals surface area contributed by atoms with Crippen molar-refractivity contribution in [2.75, 3.05) is 20.8 Å². The topological polar surface area (TPSA) is 69.2 Å². The van der Waals surface area contributed by atoms with Gasteiger partial charge in [0.05, 0.1) is 25.7 Å². The number of oxime groups is 1. The molecule has 2 aliphatic rings. The lowest BCUT2D eigenvalue weighted by Gasteiger charge is -2.41. The van der Waals surface area contributed by atoms with E-state index >= 15 is 0 Å². The molecule has 0 bridgehead atoms. The van der Waals surface area contributed by atoms with E-state index in [1.165, 1.54) is 5.56 Å². The first-order chi connectivity index (χ1) is 14.2. The summed E-state index contributed by atoms with van der Waals surface area (Å²) in [5.41, 5.74) is 1.51. The second kappa shape index (κ2) is 8.15. The molecule has 152 valence electrons. The molecule has 0 spiro atoms. The minimum atomic E-state index is -0.223. The standard InChI is InChI=1S/C23H26N2O4/c1-27-19-11-7-6-10-17(19)21(26)24-15-23(16-8-4-3-5-9-16)13-12-18-20(14-23)29-25-22(18)28-2/h3-11,18,20H,12-15H2,1-2H3,(H,24,26)/t18?,20-,23+/m0/s1. The number of ether oxygens (including phenoxy) is 2. The number of carbonyl (C=O) groups is 1. The molecule has 4 rings (SSSR count). The SMILES string of the molecule is COC1=NO[C@H]2C[C@](CNC(=O)c3ccccc3OC)(c3ccccc3)CCC12. The highest BCUT2D eigenvalue weighted by Gasteiger charge is 2.48. The Labute approximate surface area is 170 Å². The average molecular weight is 394 g/mol. The monoisotopic (exact) mass is 394 g/mol. The van der Waals surface area contributed by atoms with E-state index in [9.17, 15) is 4.79 Å². The van der Waals surface area contributed by atoms with Gasteiger partial charge in [-0.1, -0.05) is 47.6 Å². The Bertz CT molecular complexity index is 899. The predicted molar refractivity (Wildman–Crippen MR) is 110 cm³/mol. The number of nitrogens with zero attached hydrogens (tertiary/aromatic N) is 1. The third kappa shape index (κ3) is 3.67. The second-order valence-corrected chi connectivity index (χ2v) is 7.66. The van der Waals surface area contributed by atoms with Gasteiger partial charge in [-0.15, -0.1) is 0 Å². The van der Waals surface area contributed by atoms with Gasteiger partial charge in [-0.3, -0.25) is 4.79 Å². The Morgan fingerprint density at radius 1 is 1.14 bits per heavy atom. The lowest BCUT2D eigenvalue weighted by molar-refractivity contribution is 0.0118. The van der Waals surface area contributed by atoms with Crippen LogP contribution in [-0.4, -0.2) is 38.7 Å². The van der Waals surface area contributed by atoms with Crippen molar-refractivity contribution in [3.8, 4) is 5.75 Å². The number of fused-ring (bicyclic) bond motifs is 1. The molecule has 1 fully saturated rings. The molecule has 1 N–H and O–H groups in total. The van der Waals surface area contributed by atoms with Crippen LogP contribution in [0.5, 0.6) is 5.75 Å². The van der Waals surface area contributed by atoms with Gasteiger partial charge in [-0.25, -0.2) is 0 Å². The van der Waals surface area contributed by atoms with Gasteiger partial charge < -0.3 is 19.6 Å². The number of carbonyl (C=O) groups excluding carboxylic acids is 1. The highest BCUT2D eigenvalue weighted by molar-refractivity contribution is 5.97. The van der Waals surface area contributed by atoms with Gasteiger partial charge in [0.1, 0.15) is 11.9 Å². The quantitative estimate of drug-likeness (QED) is 0.842. The molecule has 0 saturated heterocycles. The van der Waals surface area contributed by atoms with Crippen LogP contribution in [0.2, 0.25) is 0 Å². The largest absolute Gasteiger partial charge is 0.496 e. The Kier molecular flexibility index (Phi) is 5.43. The van der Waals surface area contributed by atoms with E-state index in [2.05, 4.69) is 22.6 Å². The lowest BCUT2D eigenvalue weighted by Crippen LogP contribution is -2.48. The third-order valence-electron chi connectivity index (χ3n) is 6.10. The summed E-state index contributed by atoms with van der Waals surface area (Å²) in [6, 6.07) is 17.6. The number of hydrogen-bond acceptors (Lipinski definition) is 5. The minimum Gasteiger partial charge on any atom is -0.496 e. The van der Waals surface area contributed by atoms with Gasteiger partial charge in [0, 0.05) is 12.0 Å². The molecule has 1 amide bonds. The first-order valence-electron chi connectivity index (χ1n) is 9.91. The summed E-state index contributed by atoms with van der Waals surface area (Å²) in [4.78, 5) is 18.6. The van der Waals surface area contributed by atoms with Crippen LogP contribution in [0.1, 0.15) is 35.2 Å². The van der Waals surface area contributed by atoms with E-state index in [0.29, 0.717) is 23.8 Å². The minimum absolute atomic E-state index is 0.0398. The van der Waals surface area contributed by atoms with Crippen molar-refractivity contribution in [2.45, 2.75) is 30.8 Å². The van der Waals surface area contributed by atoms with Crippen molar-refractivity contribution < 1.29 is 19.1 Å². The molecule has 1 aliphatic heterocycles. The average Bonchev–Trinajstić information content (AvgIpc) is 3.20. The van der Waals surface area contributed by atoms with Crippen LogP contribution in [0.3, 0.4) is 0 Å². The summed E-state index contributed by atoms with van der Waals surface area (Å²) in [5, 5.41) is 7.26. The zero-order valence-corrected chi connectivity index (χ0v) is 16.8. The maximum Gasteiger partial charge on any atom is 0.255 e. The zero-order chi connectivity index (χ0) is 20.3. The molecule has 1 heterocycles. The van der Waals surface area contributed by atoms with Crippen molar-refractivity contribution in [1.29, 1.82) is 0 Å². The van der Waals surface area contributed by atoms with Gasteiger partial charge in [0.25, 0.3) is 5.91 Å². The molecule has 2 aromatic rings. The summed E-state index contributed by atoms with van der Waals surface area (Å²) < 4.78 is 10.7. The summed E-state index contributed by atoms with van der Waals surface area (Å²) in [6.45, 7) is 0.517. The maximum absolute atomic E-state index is 12.9. The van der Waals surface area contributed by atoms with E-state index in [1.54, 1.807) is 26.4 Å². The molecule has 3 atom stereocenters. The van der Waals surface area contributed by atoms with E-state index < -0.39 is 0 Å². The molecule has 6 heteroatoms. The van der Waals surface area contributed by atoms with Gasteiger partial charge in [0.2, 0.25) is 5.90 Å². The zero-order valence-electron chi connectivity index (χ0n) is 16.8. The molecule has 1 unspecified atom stereocenters. The van der Waals surface area contributed by atoms with E-state index in [1.807, 2.05) is 30.3 Å². The molecule has 0 aromatic heterocycles. The van der Waals surface area contributed by atoms with Crippen molar-refractivity contribution in [1.82, 2.24) is 5.32 Å². The Hall–Kier alpha value is -3.02. The van der Waals surface area contributed by atoms with Crippen LogP contribution in [0.25, 0.3) is 0 Å². The smallest absolute Gasteiger partial charge is 0.255 e. The highest BCUT2D eigenvalue weighted by atomic mass is 16.7. The Morgan fingerprint density at radius 3 is 2.66 bits per heavy atom. The fourth-order valence-corrected chi connectivity index (χ4v) is 4.51. The lowest BCUT2D eigenvalue weighted by atomic mass is 9.65. The molecule has 1 saturated carbocycles. The first-order valence-corrected chi connectivity index (χ1v) is 9.91. The van der Waals surface area contributed by atoms with Gasteiger partial charge in [-0.05, 0) is 37.0 Å². The molecule has 1 aliphatic carbocycles. The van der Waals surface area contributed by atoms with Gasteiger partial charge in [-0.2, -0.15) is 0 Å². The van der Waals surface area contributed by atoms with Crippen LogP contribution in [0, 0.1) is 5.92 Å². The predicted octanol–water partition coefficient (Wildman–Crippen LogP) is 3.52. The van der Waals surface area contributed by atoms with Crippen LogP contribution in [0.15, 0.2) is 59.8 Å². The molecular weight excluding hydrogens is 368 g/mol. The van der Waals surface area contributed by atoms with Crippen LogP contribution >= 0.6 is 0 Å². The van der Waals surface area contributed by atoms with E-state index in [-0.39, 0.29) is 23.3 Å². The van der Waals surface area contributed by atoms with Crippen LogP contribution < -0.4 is 10.1 Å². The summed E-state index contributed by atoms with van der Waals surface area (Å²) >= 11 is 0. The van der Waals surface area contributed by atoms with Crippen LogP contribution in [0.4, 0.5) is 0 Å². The highest BCUT2D eigenvalue weighted by Crippen LogP contribution is 2.45.